The summed E-state index contributed by atoms with van der Waals surface area (Å²) < 4.78 is 0. The lowest BCUT2D eigenvalue weighted by molar-refractivity contribution is 0.108. The van der Waals surface area contributed by atoms with Crippen LogP contribution in [0.2, 0.25) is 0 Å². The summed E-state index contributed by atoms with van der Waals surface area (Å²) in [6, 6.07) is 17.1. The Labute approximate surface area is 105 Å². The average Bonchev–Trinajstić information content (AvgIpc) is 2.38. The van der Waals surface area contributed by atoms with Crippen molar-refractivity contribution < 1.29 is 4.79 Å². The van der Waals surface area contributed by atoms with Crippen LogP contribution in [0.5, 0.6) is 0 Å². The Morgan fingerprint density at radius 2 is 1.65 bits per heavy atom. The van der Waals surface area contributed by atoms with Crippen LogP contribution in [0.3, 0.4) is 0 Å². The van der Waals surface area contributed by atoms with Crippen LogP contribution in [0.25, 0.3) is 0 Å². The number of hydrogen-bond acceptors (Lipinski definition) is 3. The maximum absolute atomic E-state index is 11.9. The lowest BCUT2D eigenvalue weighted by Crippen LogP contribution is -1.99. The number of hydrogen-bond donors (Lipinski definition) is 1. The highest BCUT2D eigenvalue weighted by Gasteiger charge is 2.09. The molecule has 0 atom stereocenters. The molecule has 0 aliphatic rings. The van der Waals surface area contributed by atoms with Crippen molar-refractivity contribution in [3.05, 3.63) is 65.7 Å². The molecule has 3 heteroatoms. The van der Waals surface area contributed by atoms with Gasteiger partial charge in [0.25, 0.3) is 0 Å². The number of para-hydroxylation sites is 1. The minimum Gasteiger partial charge on any atom is -0.398 e. The van der Waals surface area contributed by atoms with E-state index in [9.17, 15) is 4.79 Å². The number of nitrogen functional groups attached to an aromatic ring is 1. The minimum absolute atomic E-state index is 0.0203. The molecule has 0 saturated heterocycles. The van der Waals surface area contributed by atoms with Gasteiger partial charge < -0.3 is 5.73 Å². The van der Waals surface area contributed by atoms with Crippen molar-refractivity contribution in [2.75, 3.05) is 5.73 Å². The largest absolute Gasteiger partial charge is 0.398 e. The molecule has 0 unspecified atom stereocenters. The van der Waals surface area contributed by atoms with Crippen LogP contribution >= 0.6 is 11.8 Å². The van der Waals surface area contributed by atoms with Gasteiger partial charge in [0.1, 0.15) is 0 Å². The number of benzene rings is 2. The molecule has 0 heterocycles. The summed E-state index contributed by atoms with van der Waals surface area (Å²) in [6.07, 6.45) is 0. The number of carbonyl (C=O) groups is 1. The first-order valence-corrected chi connectivity index (χ1v) is 6.31. The average molecular weight is 243 g/mol. The predicted octanol–water partition coefficient (Wildman–Crippen LogP) is 3.34. The van der Waals surface area contributed by atoms with Crippen molar-refractivity contribution in [3.8, 4) is 0 Å². The topological polar surface area (TPSA) is 43.1 Å². The molecule has 0 fully saturated rings. The van der Waals surface area contributed by atoms with Crippen molar-refractivity contribution >= 4 is 22.6 Å². The summed E-state index contributed by atoms with van der Waals surface area (Å²) in [5.74, 6) is 0.675. The highest BCUT2D eigenvalue weighted by Crippen LogP contribution is 2.21. The monoisotopic (exact) mass is 243 g/mol. The summed E-state index contributed by atoms with van der Waals surface area (Å²) in [4.78, 5) is 11.9. The van der Waals surface area contributed by atoms with E-state index in [1.54, 1.807) is 12.1 Å². The quantitative estimate of drug-likeness (QED) is 0.841. The molecule has 2 nitrogen and oxygen atoms in total. The predicted molar refractivity (Wildman–Crippen MR) is 72.9 cm³/mol. The lowest BCUT2D eigenvalue weighted by atomic mass is 10.2. The second-order valence-electron chi connectivity index (χ2n) is 3.65. The molecular formula is C14H13NOS. The Hall–Kier alpha value is -1.74. The Balaban J connectivity index is 2.01. The van der Waals surface area contributed by atoms with E-state index in [-0.39, 0.29) is 5.12 Å². The summed E-state index contributed by atoms with van der Waals surface area (Å²) >= 11 is 1.28. The Morgan fingerprint density at radius 3 is 2.35 bits per heavy atom. The number of carbonyl (C=O) groups excluding carboxylic acids is 1. The van der Waals surface area contributed by atoms with Gasteiger partial charge in [-0.15, -0.1) is 0 Å². The van der Waals surface area contributed by atoms with E-state index >= 15 is 0 Å². The molecule has 0 aromatic heterocycles. The van der Waals surface area contributed by atoms with Gasteiger partial charge in [0.2, 0.25) is 5.12 Å². The number of rotatable bonds is 3. The third-order valence-corrected chi connectivity index (χ3v) is 3.35. The molecule has 0 radical (unpaired) electrons. The molecule has 2 N–H and O–H groups in total. The van der Waals surface area contributed by atoms with Crippen LogP contribution in [0.1, 0.15) is 15.9 Å². The standard InChI is InChI=1S/C14H13NOS/c15-13-9-5-4-8-12(13)14(16)17-10-11-6-2-1-3-7-11/h1-9H,10,15H2. The smallest absolute Gasteiger partial charge is 0.221 e. The third-order valence-electron chi connectivity index (χ3n) is 2.39. The van der Waals surface area contributed by atoms with Crippen LogP contribution in [-0.4, -0.2) is 5.12 Å². The van der Waals surface area contributed by atoms with Crippen LogP contribution in [0.15, 0.2) is 54.6 Å². The Kier molecular flexibility index (Phi) is 3.83. The van der Waals surface area contributed by atoms with Crippen LogP contribution in [0.4, 0.5) is 5.69 Å². The fraction of sp³-hybridized carbons (Fsp3) is 0.0714. The maximum atomic E-state index is 11.9. The zero-order valence-electron chi connectivity index (χ0n) is 9.30. The van der Waals surface area contributed by atoms with Gasteiger partial charge in [0.15, 0.2) is 0 Å². The molecule has 17 heavy (non-hydrogen) atoms. The molecular weight excluding hydrogens is 230 g/mol. The molecule has 2 aromatic rings. The first-order valence-electron chi connectivity index (χ1n) is 5.33. The molecule has 0 amide bonds. The van der Waals surface area contributed by atoms with Gasteiger partial charge in [-0.05, 0) is 17.7 Å². The van der Waals surface area contributed by atoms with Crippen LogP contribution < -0.4 is 5.73 Å². The molecule has 0 saturated carbocycles. The first kappa shape index (κ1) is 11.7. The lowest BCUT2D eigenvalue weighted by Gasteiger charge is -2.04. The highest BCUT2D eigenvalue weighted by molar-refractivity contribution is 8.13. The summed E-state index contributed by atoms with van der Waals surface area (Å²) in [7, 11) is 0. The van der Waals surface area contributed by atoms with Gasteiger partial charge in [-0.2, -0.15) is 0 Å². The van der Waals surface area contributed by atoms with Gasteiger partial charge >= 0.3 is 0 Å². The fourth-order valence-corrected chi connectivity index (χ4v) is 2.32. The van der Waals surface area contributed by atoms with Crippen molar-refractivity contribution in [3.63, 3.8) is 0 Å². The van der Waals surface area contributed by atoms with Gasteiger partial charge in [0.05, 0.1) is 5.56 Å². The molecule has 86 valence electrons. The second-order valence-corrected chi connectivity index (χ2v) is 4.60. The summed E-state index contributed by atoms with van der Waals surface area (Å²) in [6.45, 7) is 0. The van der Waals surface area contributed by atoms with Crippen molar-refractivity contribution in [2.45, 2.75) is 5.75 Å². The zero-order chi connectivity index (χ0) is 12.1. The van der Waals surface area contributed by atoms with E-state index in [1.807, 2.05) is 42.5 Å². The van der Waals surface area contributed by atoms with E-state index in [2.05, 4.69) is 0 Å². The van der Waals surface area contributed by atoms with Crippen molar-refractivity contribution in [1.29, 1.82) is 0 Å². The van der Waals surface area contributed by atoms with Crippen molar-refractivity contribution in [2.24, 2.45) is 0 Å². The number of nitrogens with two attached hydrogens (primary N) is 1. The fourth-order valence-electron chi connectivity index (χ4n) is 1.48. The van der Waals surface area contributed by atoms with Gasteiger partial charge in [-0.3, -0.25) is 4.79 Å². The maximum Gasteiger partial charge on any atom is 0.221 e. The van der Waals surface area contributed by atoms with Gasteiger partial charge in [0, 0.05) is 11.4 Å². The van der Waals surface area contributed by atoms with E-state index in [1.165, 1.54) is 11.8 Å². The van der Waals surface area contributed by atoms with E-state index in [4.69, 9.17) is 5.73 Å². The van der Waals surface area contributed by atoms with Gasteiger partial charge in [-0.25, -0.2) is 0 Å². The minimum atomic E-state index is 0.0203. The highest BCUT2D eigenvalue weighted by atomic mass is 32.2. The van der Waals surface area contributed by atoms with Crippen LogP contribution in [-0.2, 0) is 5.75 Å². The normalized spacial score (nSPS) is 10.1. The summed E-state index contributed by atoms with van der Waals surface area (Å²) in [5.41, 5.74) is 8.03. The molecule has 2 aromatic carbocycles. The molecule has 0 aliphatic heterocycles. The van der Waals surface area contributed by atoms with Crippen molar-refractivity contribution in [1.82, 2.24) is 0 Å². The number of thioether (sulfide) groups is 1. The van der Waals surface area contributed by atoms with E-state index in [0.717, 1.165) is 5.56 Å². The Morgan fingerprint density at radius 1 is 1.00 bits per heavy atom. The van der Waals surface area contributed by atoms with Gasteiger partial charge in [-0.1, -0.05) is 54.2 Å². The molecule has 2 rings (SSSR count). The second kappa shape index (κ2) is 5.55. The molecule has 0 aliphatic carbocycles. The zero-order valence-corrected chi connectivity index (χ0v) is 10.1. The van der Waals surface area contributed by atoms with E-state index in [0.29, 0.717) is 17.0 Å². The molecule has 0 bridgehead atoms. The van der Waals surface area contributed by atoms with E-state index < -0.39 is 0 Å². The summed E-state index contributed by atoms with van der Waals surface area (Å²) in [5, 5.41) is 0.0203. The molecule has 0 spiro atoms. The Bertz CT molecular complexity index is 511. The SMILES string of the molecule is Nc1ccccc1C(=O)SCc1ccccc1. The third kappa shape index (κ3) is 3.11. The van der Waals surface area contributed by atoms with Crippen LogP contribution in [0, 0.1) is 0 Å². The first-order chi connectivity index (χ1) is 8.27. The number of anilines is 1.